The van der Waals surface area contributed by atoms with Crippen LogP contribution in [0.5, 0.6) is 11.5 Å². The Morgan fingerprint density at radius 2 is 1.93 bits per heavy atom. The van der Waals surface area contributed by atoms with Crippen LogP contribution in [0.1, 0.15) is 23.9 Å². The molecular weight excluding hydrogens is 358 g/mol. The second-order valence-electron chi connectivity index (χ2n) is 6.49. The first kappa shape index (κ1) is 19.4. The van der Waals surface area contributed by atoms with Crippen molar-refractivity contribution in [3.63, 3.8) is 0 Å². The Balaban J connectivity index is 1.57. The van der Waals surface area contributed by atoms with Crippen molar-refractivity contribution in [3.8, 4) is 22.9 Å². The van der Waals surface area contributed by atoms with Crippen molar-refractivity contribution in [3.05, 3.63) is 59.5 Å². The van der Waals surface area contributed by atoms with Crippen molar-refractivity contribution in [1.29, 1.82) is 0 Å². The molecule has 0 fully saturated rings. The first-order chi connectivity index (χ1) is 13.5. The van der Waals surface area contributed by atoms with Crippen LogP contribution in [0.15, 0.2) is 47.0 Å². The average molecular weight is 381 g/mol. The molecule has 0 radical (unpaired) electrons. The van der Waals surface area contributed by atoms with E-state index in [1.54, 1.807) is 14.0 Å². The van der Waals surface area contributed by atoms with Crippen molar-refractivity contribution in [2.24, 2.45) is 0 Å². The Kier molecular flexibility index (Phi) is 5.93. The van der Waals surface area contributed by atoms with Crippen molar-refractivity contribution in [1.82, 2.24) is 15.5 Å². The first-order valence-electron chi connectivity index (χ1n) is 8.95. The van der Waals surface area contributed by atoms with Gasteiger partial charge in [-0.1, -0.05) is 17.3 Å². The topological polar surface area (TPSA) is 86.5 Å². The van der Waals surface area contributed by atoms with E-state index in [4.69, 9.17) is 14.0 Å². The summed E-state index contributed by atoms with van der Waals surface area (Å²) in [6.45, 7) is 5.75. The maximum absolute atomic E-state index is 12.3. The maximum atomic E-state index is 12.3. The molecule has 1 N–H and O–H groups in total. The molecule has 1 atom stereocenters. The molecule has 0 aliphatic heterocycles. The van der Waals surface area contributed by atoms with E-state index >= 15 is 0 Å². The van der Waals surface area contributed by atoms with Crippen LogP contribution < -0.4 is 14.8 Å². The third kappa shape index (κ3) is 4.68. The highest BCUT2D eigenvalue weighted by Crippen LogP contribution is 2.21. The van der Waals surface area contributed by atoms with E-state index in [1.165, 1.54) is 0 Å². The van der Waals surface area contributed by atoms with Gasteiger partial charge in [-0.2, -0.15) is 4.98 Å². The second-order valence-corrected chi connectivity index (χ2v) is 6.49. The lowest BCUT2D eigenvalue weighted by atomic mass is 10.1. The monoisotopic (exact) mass is 381 g/mol. The maximum Gasteiger partial charge on any atom is 0.261 e. The smallest absolute Gasteiger partial charge is 0.261 e. The quantitative estimate of drug-likeness (QED) is 0.675. The average Bonchev–Trinajstić information content (AvgIpc) is 3.18. The molecule has 1 amide bonds. The van der Waals surface area contributed by atoms with Crippen LogP contribution in [-0.4, -0.2) is 29.3 Å². The molecule has 0 aliphatic rings. The van der Waals surface area contributed by atoms with Gasteiger partial charge in [-0.25, -0.2) is 0 Å². The predicted molar refractivity (Wildman–Crippen MR) is 104 cm³/mol. The van der Waals surface area contributed by atoms with E-state index in [0.717, 1.165) is 22.4 Å². The van der Waals surface area contributed by atoms with Crippen LogP contribution in [-0.2, 0) is 11.3 Å². The second kappa shape index (κ2) is 8.56. The Hall–Kier alpha value is -3.35. The minimum Gasteiger partial charge on any atom is -0.497 e. The molecular formula is C21H23N3O4. The standard InChI is InChI=1S/C21H23N3O4/c1-13-5-6-14(2)18(11-13)27-15(3)21(25)22-12-19-23-20(24-28-19)16-7-9-17(26-4)10-8-16/h5-11,15H,12H2,1-4H3,(H,22,25)/t15-/m1/s1. The largest absolute Gasteiger partial charge is 0.497 e. The number of carbonyl (C=O) groups is 1. The highest BCUT2D eigenvalue weighted by molar-refractivity contribution is 5.80. The SMILES string of the molecule is COc1ccc(-c2noc(CNC(=O)[C@@H](C)Oc3cc(C)ccc3C)n2)cc1. The zero-order valence-corrected chi connectivity index (χ0v) is 16.4. The highest BCUT2D eigenvalue weighted by atomic mass is 16.5. The van der Waals surface area contributed by atoms with E-state index in [2.05, 4.69) is 15.5 Å². The number of amides is 1. The molecule has 3 aromatic rings. The van der Waals surface area contributed by atoms with Gasteiger partial charge in [-0.15, -0.1) is 0 Å². The molecule has 2 aromatic carbocycles. The summed E-state index contributed by atoms with van der Waals surface area (Å²) < 4.78 is 16.1. The molecule has 0 saturated carbocycles. The number of carbonyl (C=O) groups excluding carboxylic acids is 1. The first-order valence-corrected chi connectivity index (χ1v) is 8.95. The van der Waals surface area contributed by atoms with Gasteiger partial charge in [-0.3, -0.25) is 4.79 Å². The molecule has 0 aliphatic carbocycles. The van der Waals surface area contributed by atoms with E-state index in [0.29, 0.717) is 17.5 Å². The number of nitrogens with zero attached hydrogens (tertiary/aromatic N) is 2. The number of hydrogen-bond donors (Lipinski definition) is 1. The van der Waals surface area contributed by atoms with Gasteiger partial charge in [0.05, 0.1) is 13.7 Å². The molecule has 146 valence electrons. The summed E-state index contributed by atoms with van der Waals surface area (Å²) in [5.41, 5.74) is 2.85. The van der Waals surface area contributed by atoms with Gasteiger partial charge in [0.1, 0.15) is 11.5 Å². The van der Waals surface area contributed by atoms with Crippen LogP contribution in [0, 0.1) is 13.8 Å². The van der Waals surface area contributed by atoms with E-state index in [1.807, 2.05) is 56.3 Å². The molecule has 3 rings (SSSR count). The third-order valence-corrected chi connectivity index (χ3v) is 4.25. The van der Waals surface area contributed by atoms with Crippen molar-refractivity contribution in [2.45, 2.75) is 33.4 Å². The molecule has 1 heterocycles. The molecule has 0 spiro atoms. The summed E-state index contributed by atoms with van der Waals surface area (Å²) in [7, 11) is 1.61. The number of nitrogens with one attached hydrogen (secondary N) is 1. The summed E-state index contributed by atoms with van der Waals surface area (Å²) in [6, 6.07) is 13.2. The number of benzene rings is 2. The van der Waals surface area contributed by atoms with Crippen molar-refractivity contribution in [2.75, 3.05) is 7.11 Å². The Bertz CT molecular complexity index is 951. The molecule has 0 saturated heterocycles. The lowest BCUT2D eigenvalue weighted by Gasteiger charge is -2.16. The number of aromatic nitrogens is 2. The van der Waals surface area contributed by atoms with E-state index < -0.39 is 6.10 Å². The van der Waals surface area contributed by atoms with Gasteiger partial charge >= 0.3 is 0 Å². The molecule has 1 aromatic heterocycles. The number of methoxy groups -OCH3 is 1. The summed E-state index contributed by atoms with van der Waals surface area (Å²) >= 11 is 0. The number of hydrogen-bond acceptors (Lipinski definition) is 6. The van der Waals surface area contributed by atoms with Gasteiger partial charge in [0.15, 0.2) is 6.10 Å². The molecule has 7 nitrogen and oxygen atoms in total. The summed E-state index contributed by atoms with van der Waals surface area (Å²) in [6.07, 6.45) is -0.649. The normalized spacial score (nSPS) is 11.7. The fraction of sp³-hybridized carbons (Fsp3) is 0.286. The van der Waals surface area contributed by atoms with E-state index in [-0.39, 0.29) is 12.5 Å². The van der Waals surface area contributed by atoms with Crippen LogP contribution in [0.2, 0.25) is 0 Å². The van der Waals surface area contributed by atoms with Crippen molar-refractivity contribution >= 4 is 5.91 Å². The zero-order valence-electron chi connectivity index (χ0n) is 16.4. The van der Waals surface area contributed by atoms with Crippen LogP contribution in [0.3, 0.4) is 0 Å². The number of ether oxygens (including phenoxy) is 2. The Morgan fingerprint density at radius 1 is 1.18 bits per heavy atom. The summed E-state index contributed by atoms with van der Waals surface area (Å²) in [4.78, 5) is 16.6. The lowest BCUT2D eigenvalue weighted by Crippen LogP contribution is -2.36. The number of aryl methyl sites for hydroxylation is 2. The minimum atomic E-state index is -0.649. The fourth-order valence-corrected chi connectivity index (χ4v) is 2.57. The minimum absolute atomic E-state index is 0.127. The van der Waals surface area contributed by atoms with E-state index in [9.17, 15) is 4.79 Å². The van der Waals surface area contributed by atoms with Gasteiger partial charge in [0.25, 0.3) is 5.91 Å². The molecule has 0 bridgehead atoms. The van der Waals surface area contributed by atoms with Gasteiger partial charge < -0.3 is 19.3 Å². The fourth-order valence-electron chi connectivity index (χ4n) is 2.57. The van der Waals surface area contributed by atoms with Gasteiger partial charge in [0.2, 0.25) is 11.7 Å². The molecule has 28 heavy (non-hydrogen) atoms. The third-order valence-electron chi connectivity index (χ3n) is 4.25. The summed E-state index contributed by atoms with van der Waals surface area (Å²) in [5.74, 6) is 1.95. The molecule has 7 heteroatoms. The zero-order chi connectivity index (χ0) is 20.1. The Labute approximate surface area is 163 Å². The predicted octanol–water partition coefficient (Wildman–Crippen LogP) is 3.45. The Morgan fingerprint density at radius 3 is 2.64 bits per heavy atom. The van der Waals surface area contributed by atoms with Gasteiger partial charge in [-0.05, 0) is 62.2 Å². The van der Waals surface area contributed by atoms with Crippen molar-refractivity contribution < 1.29 is 18.8 Å². The van der Waals surface area contributed by atoms with Crippen LogP contribution >= 0.6 is 0 Å². The van der Waals surface area contributed by atoms with Crippen LogP contribution in [0.4, 0.5) is 0 Å². The highest BCUT2D eigenvalue weighted by Gasteiger charge is 2.17. The number of rotatable bonds is 7. The van der Waals surface area contributed by atoms with Crippen LogP contribution in [0.25, 0.3) is 11.4 Å². The lowest BCUT2D eigenvalue weighted by molar-refractivity contribution is -0.127. The molecule has 0 unspecified atom stereocenters. The van der Waals surface area contributed by atoms with Gasteiger partial charge in [0, 0.05) is 5.56 Å². The summed E-state index contributed by atoms with van der Waals surface area (Å²) in [5, 5.41) is 6.70.